The molecule has 1 aromatic heterocycles. The molecule has 344 valence electrons. The van der Waals surface area contributed by atoms with Crippen LogP contribution in [0.3, 0.4) is 0 Å². The van der Waals surface area contributed by atoms with E-state index in [1.807, 2.05) is 19.9 Å². The zero-order valence-electron chi connectivity index (χ0n) is 40.0. The van der Waals surface area contributed by atoms with Gasteiger partial charge in [-0.05, 0) is 142 Å². The first-order valence-electron chi connectivity index (χ1n) is 24.8. The van der Waals surface area contributed by atoms with Crippen molar-refractivity contribution in [2.75, 3.05) is 20.3 Å². The third kappa shape index (κ3) is 6.51. The second-order valence-electron chi connectivity index (χ2n) is 23.8. The molecular weight excluding hydrogens is 787 g/mol. The summed E-state index contributed by atoms with van der Waals surface area (Å²) in [6, 6.07) is 10.3. The number of likely N-dealkylation sites (tertiary alicyclic amines) is 1. The van der Waals surface area contributed by atoms with E-state index in [4.69, 9.17) is 14.5 Å². The second kappa shape index (κ2) is 15.6. The maximum absolute atomic E-state index is 15.8. The summed E-state index contributed by atoms with van der Waals surface area (Å²) in [7, 11) is 1.75. The number of methoxy groups -OCH3 is 1. The highest BCUT2D eigenvalue weighted by Gasteiger charge is 2.72. The molecule has 7 aliphatic rings. The molecule has 63 heavy (non-hydrogen) atoms. The number of hydrogen-bond donors (Lipinski definition) is 1. The van der Waals surface area contributed by atoms with Gasteiger partial charge in [0.2, 0.25) is 5.91 Å². The summed E-state index contributed by atoms with van der Waals surface area (Å²) in [5.74, 6) is 1.50. The molecule has 3 unspecified atom stereocenters. The van der Waals surface area contributed by atoms with Crippen molar-refractivity contribution in [3.8, 4) is 11.3 Å². The van der Waals surface area contributed by atoms with Crippen LogP contribution in [0.2, 0.25) is 0 Å². The molecule has 13 atom stereocenters. The van der Waals surface area contributed by atoms with Crippen LogP contribution in [0.25, 0.3) is 11.3 Å². The van der Waals surface area contributed by atoms with Crippen LogP contribution >= 0.6 is 0 Å². The number of carboxylic acid groups (broad SMARTS) is 1. The van der Waals surface area contributed by atoms with Crippen LogP contribution in [0, 0.1) is 73.9 Å². The number of imidazole rings is 1. The van der Waals surface area contributed by atoms with Crippen molar-refractivity contribution < 1.29 is 29.0 Å². The summed E-state index contributed by atoms with van der Waals surface area (Å²) in [5.41, 5.74) is 2.43. The van der Waals surface area contributed by atoms with E-state index in [1.54, 1.807) is 7.11 Å². The molecule has 1 saturated heterocycles. The predicted molar refractivity (Wildman–Crippen MR) is 245 cm³/mol. The topological polar surface area (TPSA) is 111 Å². The number of aromatic nitrogens is 2. The predicted octanol–water partition coefficient (Wildman–Crippen LogP) is 11.2. The second-order valence-corrected chi connectivity index (χ2v) is 23.8. The average Bonchev–Trinajstić information content (AvgIpc) is 3.99. The van der Waals surface area contributed by atoms with E-state index in [-0.39, 0.29) is 51.6 Å². The highest BCUT2D eigenvalue weighted by molar-refractivity contribution is 5.85. The van der Waals surface area contributed by atoms with E-state index < -0.39 is 22.7 Å². The smallest absolute Gasteiger partial charge is 0.309 e. The fraction of sp³-hybridized carbons (Fsp3) is 0.741. The Morgan fingerprint density at radius 3 is 2.27 bits per heavy atom. The monoisotopic (exact) mass is 864 g/mol. The SMILES string of the molecule is C=C(C)[C@@H]1CC[C@]2(C(=O)N3CCC[C@H]3c3nc(-c4ccccc4)cn3CCOC)CC[C@]3(C)[C@H](CCC4[C@@]5(C)CC[C@H](OC(=O)[C@H]6C[C@@H](C(=O)O)C6(C)C)C(C)(C)C5CC[C@]43C)C12. The number of fused-ring (bicyclic) bond motifs is 7. The molecule has 1 N–H and O–H groups in total. The van der Waals surface area contributed by atoms with E-state index >= 15 is 4.79 Å². The molecule has 2 heterocycles. The highest BCUT2D eigenvalue weighted by atomic mass is 16.5. The van der Waals surface area contributed by atoms with Crippen molar-refractivity contribution in [3.05, 3.63) is 54.5 Å². The van der Waals surface area contributed by atoms with Gasteiger partial charge in [0, 0.05) is 37.4 Å². The minimum atomic E-state index is -0.819. The summed E-state index contributed by atoms with van der Waals surface area (Å²) in [6.45, 7) is 25.4. The Balaban J connectivity index is 0.982. The standard InChI is InChI=1S/C54H77N3O6/c1-33(2)35-20-25-54(48(61)57-28-14-17-40(57)45-55-39(32-56(45)29-30-62-10)34-15-12-11-13-16-34)27-26-52(8)36(44(35)54)18-19-42-51(7)23-22-43(50(5,6)41(51)21-24-53(42,52)9)63-47(60)38-31-37(46(58)59)49(38,3)4/h11-13,15-16,32,35-38,40-44H,1,14,17-31H2,2-10H3,(H,58,59)/t35-,36+,37-,38+,40-,41?,42?,43-,44?,51-,52+,53+,54-/m0/s1. The zero-order chi connectivity index (χ0) is 45.1. The van der Waals surface area contributed by atoms with Gasteiger partial charge < -0.3 is 24.0 Å². The number of aliphatic carboxylic acids is 1. The normalized spacial score (nSPS) is 41.0. The van der Waals surface area contributed by atoms with Crippen molar-refractivity contribution in [1.82, 2.24) is 14.5 Å². The first-order chi connectivity index (χ1) is 29.8. The summed E-state index contributed by atoms with van der Waals surface area (Å²) >= 11 is 0. The summed E-state index contributed by atoms with van der Waals surface area (Å²) in [4.78, 5) is 49.0. The number of benzene rings is 1. The molecule has 1 aliphatic heterocycles. The molecular formula is C54H77N3O6. The van der Waals surface area contributed by atoms with Crippen LogP contribution in [-0.4, -0.2) is 63.8 Å². The lowest BCUT2D eigenvalue weighted by atomic mass is 9.32. The number of nitrogens with zero attached hydrogens (tertiary/aromatic N) is 3. The maximum Gasteiger partial charge on any atom is 0.309 e. The van der Waals surface area contributed by atoms with Gasteiger partial charge in [0.1, 0.15) is 11.9 Å². The van der Waals surface area contributed by atoms with Gasteiger partial charge in [-0.25, -0.2) is 4.98 Å². The van der Waals surface area contributed by atoms with Gasteiger partial charge in [-0.2, -0.15) is 0 Å². The number of rotatable bonds is 10. The van der Waals surface area contributed by atoms with Gasteiger partial charge in [-0.1, -0.05) is 91.0 Å². The Labute approximate surface area is 377 Å². The molecule has 6 aliphatic carbocycles. The van der Waals surface area contributed by atoms with Crippen LogP contribution in [0.1, 0.15) is 151 Å². The fourth-order valence-corrected chi connectivity index (χ4v) is 17.0. The van der Waals surface area contributed by atoms with Crippen molar-refractivity contribution >= 4 is 17.8 Å². The first kappa shape index (κ1) is 44.7. The van der Waals surface area contributed by atoms with Gasteiger partial charge in [-0.15, -0.1) is 0 Å². The average molecular weight is 864 g/mol. The Kier molecular flexibility index (Phi) is 11.1. The Hall–Kier alpha value is -3.46. The van der Waals surface area contributed by atoms with Gasteiger partial charge >= 0.3 is 11.9 Å². The molecule has 7 fully saturated rings. The summed E-state index contributed by atoms with van der Waals surface area (Å²) in [6.07, 6.45) is 14.7. The lowest BCUT2D eigenvalue weighted by molar-refractivity contribution is -0.251. The third-order valence-electron chi connectivity index (χ3n) is 20.8. The molecule has 0 radical (unpaired) electrons. The molecule has 6 saturated carbocycles. The van der Waals surface area contributed by atoms with Gasteiger partial charge in [0.25, 0.3) is 0 Å². The molecule has 0 bridgehead atoms. The van der Waals surface area contributed by atoms with E-state index in [9.17, 15) is 14.7 Å². The van der Waals surface area contributed by atoms with Crippen molar-refractivity contribution in [2.45, 2.75) is 158 Å². The van der Waals surface area contributed by atoms with Gasteiger partial charge in [0.05, 0.1) is 35.6 Å². The Morgan fingerprint density at radius 1 is 0.841 bits per heavy atom. The van der Waals surface area contributed by atoms with Gasteiger partial charge in [-0.3, -0.25) is 14.4 Å². The van der Waals surface area contributed by atoms with E-state index in [1.165, 1.54) is 12.0 Å². The minimum Gasteiger partial charge on any atom is -0.481 e. The number of carbonyl (C=O) groups excluding carboxylic acids is 2. The van der Waals surface area contributed by atoms with E-state index in [0.29, 0.717) is 49.2 Å². The van der Waals surface area contributed by atoms with Crippen LogP contribution in [-0.2, 0) is 30.4 Å². The Bertz CT molecular complexity index is 2130. The number of ether oxygens (including phenoxy) is 2. The molecule has 0 spiro atoms. The van der Waals surface area contributed by atoms with Crippen LogP contribution in [0.4, 0.5) is 0 Å². The number of carboxylic acids is 1. The summed E-state index contributed by atoms with van der Waals surface area (Å²) < 4.78 is 14.3. The first-order valence-corrected chi connectivity index (χ1v) is 24.8. The number of hydrogen-bond acceptors (Lipinski definition) is 6. The molecule has 9 heteroatoms. The van der Waals surface area contributed by atoms with Crippen molar-refractivity contribution in [2.24, 2.45) is 73.9 Å². The maximum atomic E-state index is 15.8. The number of allylic oxidation sites excluding steroid dienone is 1. The van der Waals surface area contributed by atoms with Crippen molar-refractivity contribution in [1.29, 1.82) is 0 Å². The third-order valence-corrected chi connectivity index (χ3v) is 20.8. The quantitative estimate of drug-likeness (QED) is 0.187. The molecule has 9 nitrogen and oxygen atoms in total. The lowest BCUT2D eigenvalue weighted by Crippen LogP contribution is -2.67. The summed E-state index contributed by atoms with van der Waals surface area (Å²) in [5, 5.41) is 9.73. The fourth-order valence-electron chi connectivity index (χ4n) is 17.0. The zero-order valence-corrected chi connectivity index (χ0v) is 40.0. The van der Waals surface area contributed by atoms with Crippen LogP contribution in [0.5, 0.6) is 0 Å². The van der Waals surface area contributed by atoms with Crippen LogP contribution < -0.4 is 0 Å². The number of esters is 1. The number of carbonyl (C=O) groups is 3. The van der Waals surface area contributed by atoms with Crippen molar-refractivity contribution in [3.63, 3.8) is 0 Å². The van der Waals surface area contributed by atoms with E-state index in [0.717, 1.165) is 94.3 Å². The van der Waals surface area contributed by atoms with Crippen LogP contribution in [0.15, 0.2) is 48.7 Å². The molecule has 9 rings (SSSR count). The number of amides is 1. The highest BCUT2D eigenvalue weighted by Crippen LogP contribution is 2.78. The molecule has 1 aromatic carbocycles. The lowest BCUT2D eigenvalue weighted by Gasteiger charge is -2.73. The van der Waals surface area contributed by atoms with E-state index in [2.05, 4.69) is 88.1 Å². The van der Waals surface area contributed by atoms with Gasteiger partial charge in [0.15, 0.2) is 0 Å². The molecule has 1 amide bonds. The molecule has 2 aromatic rings. The minimum absolute atomic E-state index is 0.0536. The largest absolute Gasteiger partial charge is 0.481 e. The Morgan fingerprint density at radius 2 is 1.59 bits per heavy atom.